The van der Waals surface area contributed by atoms with Crippen LogP contribution in [0.4, 0.5) is 17.6 Å². The molecule has 0 bridgehead atoms. The largest absolute Gasteiger partial charge is 0.414 e. The van der Waals surface area contributed by atoms with E-state index in [2.05, 4.69) is 4.74 Å². The molecule has 1 rings (SSSR count). The number of hydrogen-bond donors (Lipinski definition) is 1. The molecule has 1 aromatic rings. The predicted molar refractivity (Wildman–Crippen MR) is 54.6 cm³/mol. The van der Waals surface area contributed by atoms with Gasteiger partial charge >= 0.3 is 6.18 Å². The highest BCUT2D eigenvalue weighted by Gasteiger charge is 2.36. The number of ether oxygens (including phenoxy) is 1. The Balaban J connectivity index is 2.64. The lowest BCUT2D eigenvalue weighted by molar-refractivity contribution is -0.217. The van der Waals surface area contributed by atoms with Crippen LogP contribution in [0.15, 0.2) is 18.2 Å². The van der Waals surface area contributed by atoms with Crippen LogP contribution in [0.5, 0.6) is 0 Å². The first-order chi connectivity index (χ1) is 7.84. The van der Waals surface area contributed by atoms with E-state index in [0.717, 1.165) is 6.92 Å². The number of rotatable bonds is 4. The molecule has 0 saturated carbocycles. The Morgan fingerprint density at radius 3 is 2.47 bits per heavy atom. The van der Waals surface area contributed by atoms with Crippen molar-refractivity contribution in [2.24, 2.45) is 5.73 Å². The minimum absolute atomic E-state index is 0.0818. The van der Waals surface area contributed by atoms with Crippen LogP contribution in [0.25, 0.3) is 0 Å². The van der Waals surface area contributed by atoms with Gasteiger partial charge in [0.05, 0.1) is 6.61 Å². The van der Waals surface area contributed by atoms with E-state index in [1.807, 2.05) is 0 Å². The third-order valence-corrected chi connectivity index (χ3v) is 2.30. The van der Waals surface area contributed by atoms with Gasteiger partial charge in [-0.2, -0.15) is 13.2 Å². The van der Waals surface area contributed by atoms with Crippen molar-refractivity contribution >= 4 is 0 Å². The Morgan fingerprint density at radius 1 is 1.35 bits per heavy atom. The third kappa shape index (κ3) is 3.98. The SMILES string of the molecule is CC(OCc1ccc(CN)cc1F)C(F)(F)F. The van der Waals surface area contributed by atoms with Crippen molar-refractivity contribution in [1.82, 2.24) is 0 Å². The zero-order chi connectivity index (χ0) is 13.1. The van der Waals surface area contributed by atoms with Crippen molar-refractivity contribution in [3.05, 3.63) is 35.1 Å². The number of benzene rings is 1. The fourth-order valence-corrected chi connectivity index (χ4v) is 1.14. The number of hydrogen-bond acceptors (Lipinski definition) is 2. The first kappa shape index (κ1) is 13.9. The predicted octanol–water partition coefficient (Wildman–Crippen LogP) is 2.75. The monoisotopic (exact) mass is 251 g/mol. The van der Waals surface area contributed by atoms with Crippen molar-refractivity contribution in [3.8, 4) is 0 Å². The van der Waals surface area contributed by atoms with Gasteiger partial charge in [-0.1, -0.05) is 12.1 Å². The van der Waals surface area contributed by atoms with Gasteiger partial charge in [0.2, 0.25) is 0 Å². The van der Waals surface area contributed by atoms with Crippen LogP contribution in [-0.4, -0.2) is 12.3 Å². The highest BCUT2D eigenvalue weighted by molar-refractivity contribution is 5.23. The molecule has 0 aliphatic carbocycles. The second-order valence-electron chi connectivity index (χ2n) is 3.62. The molecule has 0 saturated heterocycles. The average Bonchev–Trinajstić information content (AvgIpc) is 2.25. The first-order valence-electron chi connectivity index (χ1n) is 5.00. The molecule has 1 atom stereocenters. The molecule has 0 aromatic heterocycles. The van der Waals surface area contributed by atoms with Crippen LogP contribution in [0, 0.1) is 5.82 Å². The fraction of sp³-hybridized carbons (Fsp3) is 0.455. The Bertz CT molecular complexity index is 378. The van der Waals surface area contributed by atoms with Crippen LogP contribution in [0.3, 0.4) is 0 Å². The minimum atomic E-state index is -4.44. The zero-order valence-electron chi connectivity index (χ0n) is 9.22. The molecule has 2 nitrogen and oxygen atoms in total. The van der Waals surface area contributed by atoms with Gasteiger partial charge in [-0.3, -0.25) is 0 Å². The lowest BCUT2D eigenvalue weighted by Gasteiger charge is -2.16. The molecule has 6 heteroatoms. The molecular weight excluding hydrogens is 238 g/mol. The maximum atomic E-state index is 13.4. The van der Waals surface area contributed by atoms with Crippen LogP contribution in [0.2, 0.25) is 0 Å². The molecule has 0 radical (unpaired) electrons. The zero-order valence-corrected chi connectivity index (χ0v) is 9.22. The van der Waals surface area contributed by atoms with E-state index in [9.17, 15) is 17.6 Å². The van der Waals surface area contributed by atoms with Crippen LogP contribution in [0.1, 0.15) is 18.1 Å². The lowest BCUT2D eigenvalue weighted by Crippen LogP contribution is -2.28. The second kappa shape index (κ2) is 5.46. The minimum Gasteiger partial charge on any atom is -0.364 e. The number of alkyl halides is 3. The van der Waals surface area contributed by atoms with E-state index in [1.165, 1.54) is 12.1 Å². The van der Waals surface area contributed by atoms with Gasteiger partial charge in [0, 0.05) is 12.1 Å². The maximum absolute atomic E-state index is 13.4. The summed E-state index contributed by atoms with van der Waals surface area (Å²) < 4.78 is 54.3. The van der Waals surface area contributed by atoms with Crippen LogP contribution < -0.4 is 5.73 Å². The summed E-state index contributed by atoms with van der Waals surface area (Å²) in [5.41, 5.74) is 5.96. The van der Waals surface area contributed by atoms with Crippen molar-refractivity contribution < 1.29 is 22.3 Å². The van der Waals surface area contributed by atoms with Crippen molar-refractivity contribution in [3.63, 3.8) is 0 Å². The Kier molecular flexibility index (Phi) is 4.47. The molecule has 0 aliphatic rings. The van der Waals surface area contributed by atoms with E-state index in [1.54, 1.807) is 6.07 Å². The third-order valence-electron chi connectivity index (χ3n) is 2.30. The summed E-state index contributed by atoms with van der Waals surface area (Å²) in [6, 6.07) is 4.12. The highest BCUT2D eigenvalue weighted by atomic mass is 19.4. The Morgan fingerprint density at radius 2 is 2.00 bits per heavy atom. The van der Waals surface area contributed by atoms with Gasteiger partial charge in [0.15, 0.2) is 6.10 Å². The molecule has 0 aliphatic heterocycles. The molecule has 17 heavy (non-hydrogen) atoms. The second-order valence-corrected chi connectivity index (χ2v) is 3.62. The van der Waals surface area contributed by atoms with E-state index in [0.29, 0.717) is 5.56 Å². The van der Waals surface area contributed by atoms with Gasteiger partial charge in [0.25, 0.3) is 0 Å². The molecule has 96 valence electrons. The quantitative estimate of drug-likeness (QED) is 0.835. The van der Waals surface area contributed by atoms with Crippen LogP contribution in [-0.2, 0) is 17.9 Å². The average molecular weight is 251 g/mol. The standard InChI is InChI=1S/C11H13F4NO/c1-7(11(13,14)15)17-6-9-3-2-8(5-16)4-10(9)12/h2-4,7H,5-6,16H2,1H3. The topological polar surface area (TPSA) is 35.2 Å². The first-order valence-corrected chi connectivity index (χ1v) is 5.00. The van der Waals surface area contributed by atoms with Crippen molar-refractivity contribution in [2.75, 3.05) is 0 Å². The Hall–Kier alpha value is -1.14. The molecule has 0 amide bonds. The molecule has 0 fully saturated rings. The van der Waals surface area contributed by atoms with Crippen molar-refractivity contribution in [2.45, 2.75) is 32.4 Å². The summed E-state index contributed by atoms with van der Waals surface area (Å²) in [5, 5.41) is 0. The molecule has 2 N–H and O–H groups in total. The van der Waals surface area contributed by atoms with Gasteiger partial charge in [-0.25, -0.2) is 4.39 Å². The van der Waals surface area contributed by atoms with Crippen molar-refractivity contribution in [1.29, 1.82) is 0 Å². The Labute approximate surface area is 96.4 Å². The van der Waals surface area contributed by atoms with Gasteiger partial charge in [0.1, 0.15) is 5.82 Å². The smallest absolute Gasteiger partial charge is 0.364 e. The number of halogens is 4. The van der Waals surface area contributed by atoms with Gasteiger partial charge < -0.3 is 10.5 Å². The molecule has 1 aromatic carbocycles. The molecule has 1 unspecified atom stereocenters. The van der Waals surface area contributed by atoms with E-state index in [-0.39, 0.29) is 12.1 Å². The van der Waals surface area contributed by atoms with Crippen LogP contribution >= 0.6 is 0 Å². The maximum Gasteiger partial charge on any atom is 0.414 e. The number of nitrogens with two attached hydrogens (primary N) is 1. The summed E-state index contributed by atoms with van der Waals surface area (Å²) in [4.78, 5) is 0. The van der Waals surface area contributed by atoms with Gasteiger partial charge in [-0.15, -0.1) is 0 Å². The molecular formula is C11H13F4NO. The summed E-state index contributed by atoms with van der Waals surface area (Å²) in [6.45, 7) is 0.639. The van der Waals surface area contributed by atoms with E-state index >= 15 is 0 Å². The fourth-order valence-electron chi connectivity index (χ4n) is 1.14. The molecule has 0 heterocycles. The summed E-state index contributed by atoms with van der Waals surface area (Å²) in [7, 11) is 0. The van der Waals surface area contributed by atoms with Gasteiger partial charge in [-0.05, 0) is 18.6 Å². The molecule has 0 spiro atoms. The summed E-state index contributed by atoms with van der Waals surface area (Å²) >= 11 is 0. The lowest BCUT2D eigenvalue weighted by atomic mass is 10.1. The van der Waals surface area contributed by atoms with E-state index in [4.69, 9.17) is 5.73 Å². The summed E-state index contributed by atoms with van der Waals surface area (Å²) in [6.07, 6.45) is -6.36. The normalized spacial score (nSPS) is 13.8. The highest BCUT2D eigenvalue weighted by Crippen LogP contribution is 2.23. The summed E-state index contributed by atoms with van der Waals surface area (Å²) in [5.74, 6) is -0.609. The van der Waals surface area contributed by atoms with E-state index < -0.39 is 24.7 Å².